The van der Waals surface area contributed by atoms with Crippen LogP contribution >= 0.6 is 11.3 Å². The van der Waals surface area contributed by atoms with Crippen LogP contribution in [0, 0.1) is 6.92 Å². The van der Waals surface area contributed by atoms with Gasteiger partial charge in [0.05, 0.1) is 12.2 Å². The number of carbonyl (C=O) groups excluding carboxylic acids is 1. The molecule has 0 unspecified atom stereocenters. The third-order valence-corrected chi connectivity index (χ3v) is 6.45. The normalized spacial score (nSPS) is 11.5. The summed E-state index contributed by atoms with van der Waals surface area (Å²) in [5.41, 5.74) is 6.06. The molecule has 0 aliphatic rings. The van der Waals surface area contributed by atoms with E-state index in [0.29, 0.717) is 6.54 Å². The predicted molar refractivity (Wildman–Crippen MR) is 129 cm³/mol. The highest BCUT2D eigenvalue weighted by Crippen LogP contribution is 2.26. The van der Waals surface area contributed by atoms with E-state index in [9.17, 15) is 4.79 Å². The zero-order valence-electron chi connectivity index (χ0n) is 18.3. The highest BCUT2D eigenvalue weighted by Gasteiger charge is 2.12. The van der Waals surface area contributed by atoms with Crippen LogP contribution in [0.2, 0.25) is 0 Å². The van der Waals surface area contributed by atoms with E-state index < -0.39 is 0 Å². The fourth-order valence-corrected chi connectivity index (χ4v) is 4.92. The number of hydrogen-bond donors (Lipinski definition) is 0. The molecule has 0 saturated heterocycles. The highest BCUT2D eigenvalue weighted by molar-refractivity contribution is 7.15. The van der Waals surface area contributed by atoms with E-state index in [4.69, 9.17) is 4.98 Å². The van der Waals surface area contributed by atoms with E-state index in [2.05, 4.69) is 76.3 Å². The second-order valence-electron chi connectivity index (χ2n) is 8.18. The van der Waals surface area contributed by atoms with Crippen molar-refractivity contribution in [2.24, 2.45) is 0 Å². The lowest BCUT2D eigenvalue weighted by Crippen LogP contribution is -2.29. The van der Waals surface area contributed by atoms with Gasteiger partial charge in [0, 0.05) is 29.4 Å². The summed E-state index contributed by atoms with van der Waals surface area (Å²) in [5.74, 6) is 0.220. The lowest BCUT2D eigenvalue weighted by Gasteiger charge is -2.21. The minimum Gasteiger partial charge on any atom is -0.299 e. The first-order chi connectivity index (χ1) is 15.1. The summed E-state index contributed by atoms with van der Waals surface area (Å²) < 4.78 is 2.24. The lowest BCUT2D eigenvalue weighted by atomic mass is 10.1. The Morgan fingerprint density at radius 1 is 1.06 bits per heavy atom. The van der Waals surface area contributed by atoms with E-state index in [1.165, 1.54) is 22.4 Å². The standard InChI is InChI=1S/C26H29N3OS/c1-20-10-6-7-14-24(20)25-18-29-23(19-31-26(29)27-25)13-8-9-15-28(16-21(2)30)17-22-11-4-3-5-12-22/h3-7,10-12,14,18-19H,8-9,13,15-17H2,1-2H3. The van der Waals surface area contributed by atoms with Crippen molar-refractivity contribution in [2.45, 2.75) is 39.7 Å². The summed E-state index contributed by atoms with van der Waals surface area (Å²) in [6.07, 6.45) is 5.34. The molecule has 5 heteroatoms. The van der Waals surface area contributed by atoms with Gasteiger partial charge in [-0.15, -0.1) is 11.3 Å². The number of aromatic nitrogens is 2. The Morgan fingerprint density at radius 2 is 1.84 bits per heavy atom. The van der Waals surface area contributed by atoms with Crippen LogP contribution in [-0.4, -0.2) is 33.2 Å². The second kappa shape index (κ2) is 10.0. The van der Waals surface area contributed by atoms with Gasteiger partial charge in [-0.1, -0.05) is 54.6 Å². The largest absolute Gasteiger partial charge is 0.299 e. The molecule has 4 nitrogen and oxygen atoms in total. The Morgan fingerprint density at radius 3 is 2.61 bits per heavy atom. The number of carbonyl (C=O) groups is 1. The average Bonchev–Trinajstić information content (AvgIpc) is 3.33. The maximum atomic E-state index is 11.7. The number of hydrogen-bond acceptors (Lipinski definition) is 4. The van der Waals surface area contributed by atoms with Gasteiger partial charge in [-0.25, -0.2) is 4.98 Å². The number of benzene rings is 2. The molecular formula is C26H29N3OS. The summed E-state index contributed by atoms with van der Waals surface area (Å²) in [7, 11) is 0. The van der Waals surface area contributed by atoms with Crippen molar-refractivity contribution < 1.29 is 4.79 Å². The van der Waals surface area contributed by atoms with Crippen LogP contribution < -0.4 is 0 Å². The van der Waals surface area contributed by atoms with Crippen LogP contribution in [0.1, 0.15) is 36.6 Å². The number of unbranched alkanes of at least 4 members (excludes halogenated alkanes) is 1. The van der Waals surface area contributed by atoms with Gasteiger partial charge >= 0.3 is 0 Å². The van der Waals surface area contributed by atoms with Gasteiger partial charge in [-0.3, -0.25) is 14.1 Å². The van der Waals surface area contributed by atoms with Crippen molar-refractivity contribution >= 4 is 22.1 Å². The van der Waals surface area contributed by atoms with E-state index in [1.807, 2.05) is 6.07 Å². The van der Waals surface area contributed by atoms with Crippen LogP contribution in [0.25, 0.3) is 16.2 Å². The molecule has 2 heterocycles. The van der Waals surface area contributed by atoms with Crippen molar-refractivity contribution in [2.75, 3.05) is 13.1 Å². The predicted octanol–water partition coefficient (Wildman–Crippen LogP) is 5.79. The molecule has 4 aromatic rings. The molecule has 0 radical (unpaired) electrons. The molecule has 0 bridgehead atoms. The number of aryl methyl sites for hydroxylation is 2. The monoisotopic (exact) mass is 431 g/mol. The minimum absolute atomic E-state index is 0.220. The first-order valence-corrected chi connectivity index (χ1v) is 11.8. The van der Waals surface area contributed by atoms with Crippen LogP contribution in [0.15, 0.2) is 66.2 Å². The maximum absolute atomic E-state index is 11.7. The van der Waals surface area contributed by atoms with E-state index in [1.54, 1.807) is 18.3 Å². The summed E-state index contributed by atoms with van der Waals surface area (Å²) in [5, 5.41) is 2.22. The number of Topliss-reactive ketones (excluding diaryl/α,β-unsaturated/α-hetero) is 1. The number of thiazole rings is 1. The summed E-state index contributed by atoms with van der Waals surface area (Å²) in [6.45, 7) is 6.07. The van der Waals surface area contributed by atoms with Crippen molar-refractivity contribution in [1.29, 1.82) is 0 Å². The Hall–Kier alpha value is -2.76. The Labute approximate surface area is 188 Å². The Kier molecular flexibility index (Phi) is 6.95. The van der Waals surface area contributed by atoms with Gasteiger partial charge in [-0.2, -0.15) is 0 Å². The number of ketones is 1. The molecular weight excluding hydrogens is 402 g/mol. The Bertz CT molecular complexity index is 1150. The molecule has 0 aliphatic heterocycles. The number of fused-ring (bicyclic) bond motifs is 1. The van der Waals surface area contributed by atoms with Crippen LogP contribution in [0.3, 0.4) is 0 Å². The quantitative estimate of drug-likeness (QED) is 0.299. The van der Waals surface area contributed by atoms with Crippen LogP contribution in [-0.2, 0) is 17.8 Å². The highest BCUT2D eigenvalue weighted by atomic mass is 32.1. The molecule has 2 aromatic heterocycles. The van der Waals surface area contributed by atoms with Crippen molar-refractivity contribution in [3.8, 4) is 11.3 Å². The third kappa shape index (κ3) is 5.49. The van der Waals surface area contributed by atoms with Gasteiger partial charge in [0.25, 0.3) is 0 Å². The van der Waals surface area contributed by atoms with E-state index in [0.717, 1.165) is 43.0 Å². The zero-order valence-corrected chi connectivity index (χ0v) is 19.1. The van der Waals surface area contributed by atoms with Crippen molar-refractivity contribution in [3.05, 3.63) is 83.0 Å². The Balaban J connectivity index is 1.36. The van der Waals surface area contributed by atoms with E-state index in [-0.39, 0.29) is 5.78 Å². The molecule has 0 aliphatic carbocycles. The van der Waals surface area contributed by atoms with Crippen molar-refractivity contribution in [1.82, 2.24) is 14.3 Å². The SMILES string of the molecule is CC(=O)CN(CCCCc1csc2nc(-c3ccccc3C)cn12)Cc1ccccc1. The first kappa shape index (κ1) is 21.5. The van der Waals surface area contributed by atoms with Gasteiger partial charge in [0.1, 0.15) is 5.78 Å². The smallest absolute Gasteiger partial charge is 0.194 e. The molecule has 0 atom stereocenters. The van der Waals surface area contributed by atoms with Gasteiger partial charge in [0.15, 0.2) is 4.96 Å². The number of rotatable bonds is 10. The fourth-order valence-electron chi connectivity index (χ4n) is 4.01. The molecule has 4 rings (SSSR count). The lowest BCUT2D eigenvalue weighted by molar-refractivity contribution is -0.118. The second-order valence-corrected chi connectivity index (χ2v) is 9.01. The average molecular weight is 432 g/mol. The minimum atomic E-state index is 0.220. The van der Waals surface area contributed by atoms with Gasteiger partial charge in [0.2, 0.25) is 0 Å². The van der Waals surface area contributed by atoms with Crippen LogP contribution in [0.5, 0.6) is 0 Å². The molecule has 160 valence electrons. The number of nitrogens with zero attached hydrogens (tertiary/aromatic N) is 3. The maximum Gasteiger partial charge on any atom is 0.194 e. The zero-order chi connectivity index (χ0) is 21.6. The topological polar surface area (TPSA) is 37.6 Å². The summed E-state index contributed by atoms with van der Waals surface area (Å²) in [4.78, 5) is 19.8. The third-order valence-electron chi connectivity index (χ3n) is 5.56. The van der Waals surface area contributed by atoms with Crippen molar-refractivity contribution in [3.63, 3.8) is 0 Å². The summed E-state index contributed by atoms with van der Waals surface area (Å²) >= 11 is 1.71. The molecule has 0 N–H and O–H groups in total. The van der Waals surface area contributed by atoms with Crippen LogP contribution in [0.4, 0.5) is 0 Å². The summed E-state index contributed by atoms with van der Waals surface area (Å²) in [6, 6.07) is 18.8. The van der Waals surface area contributed by atoms with E-state index >= 15 is 0 Å². The van der Waals surface area contributed by atoms with Gasteiger partial charge in [-0.05, 0) is 50.8 Å². The molecule has 0 saturated carbocycles. The molecule has 31 heavy (non-hydrogen) atoms. The molecule has 0 fully saturated rings. The van der Waals surface area contributed by atoms with Gasteiger partial charge < -0.3 is 0 Å². The number of imidazole rings is 1. The molecule has 0 amide bonds. The fraction of sp³-hybridized carbons (Fsp3) is 0.308. The molecule has 2 aromatic carbocycles. The molecule has 0 spiro atoms. The first-order valence-electron chi connectivity index (χ1n) is 10.9.